The number of benzene rings is 3. The van der Waals surface area contributed by atoms with E-state index in [4.69, 9.17) is 10.1 Å². The molecule has 1 radical (unpaired) electrons. The van der Waals surface area contributed by atoms with Crippen LogP contribution in [0.25, 0.3) is 45.4 Å². The van der Waals surface area contributed by atoms with Crippen molar-refractivity contribution in [3.8, 4) is 22.4 Å². The van der Waals surface area contributed by atoms with Crippen molar-refractivity contribution < 1.29 is 30.0 Å². The van der Waals surface area contributed by atoms with Crippen LogP contribution in [0.3, 0.4) is 0 Å². The van der Waals surface area contributed by atoms with Crippen LogP contribution in [0.15, 0.2) is 85.1 Å². The zero-order valence-corrected chi connectivity index (χ0v) is 22.7. The van der Waals surface area contributed by atoms with Gasteiger partial charge in [0.2, 0.25) is 0 Å². The third kappa shape index (κ3) is 4.21. The summed E-state index contributed by atoms with van der Waals surface area (Å²) < 4.78 is 0. The van der Waals surface area contributed by atoms with Crippen LogP contribution < -0.4 is 0 Å². The maximum absolute atomic E-state index is 10.1. The molecule has 0 saturated carbocycles. The van der Waals surface area contributed by atoms with Gasteiger partial charge < -0.3 is 5.11 Å². The first-order valence-electron chi connectivity index (χ1n) is 11.9. The number of hydrogen-bond acceptors (Lipinski definition) is 3. The van der Waals surface area contributed by atoms with Gasteiger partial charge in [0.1, 0.15) is 5.69 Å². The molecule has 5 heteroatoms. The molecule has 0 saturated heterocycles. The van der Waals surface area contributed by atoms with Gasteiger partial charge in [-0.2, -0.15) is 0 Å². The molecule has 0 unspecified atom stereocenters. The van der Waals surface area contributed by atoms with Crippen LogP contribution in [-0.4, -0.2) is 21.0 Å². The van der Waals surface area contributed by atoms with Gasteiger partial charge in [-0.15, -0.1) is 29.3 Å². The SMILES string of the molecule is CC1(C)c2c[c-]c(-c3cc4c5c(cccc5n3)C=C4)cc2-c2ccccc21.O=C(O)c1ccccn1.[Ir]. The number of hydrogen-bond donors (Lipinski definition) is 1. The van der Waals surface area contributed by atoms with Gasteiger partial charge in [-0.05, 0) is 51.6 Å². The van der Waals surface area contributed by atoms with E-state index in [-0.39, 0.29) is 31.2 Å². The first-order chi connectivity index (χ1) is 17.4. The van der Waals surface area contributed by atoms with E-state index in [0.29, 0.717) is 0 Å². The predicted octanol–water partition coefficient (Wildman–Crippen LogP) is 7.27. The van der Waals surface area contributed by atoms with Crippen molar-refractivity contribution in [3.63, 3.8) is 0 Å². The van der Waals surface area contributed by atoms with Crippen molar-refractivity contribution in [2.75, 3.05) is 0 Å². The van der Waals surface area contributed by atoms with E-state index in [1.807, 2.05) is 0 Å². The fourth-order valence-electron chi connectivity index (χ4n) is 5.21. The minimum atomic E-state index is -0.990. The smallest absolute Gasteiger partial charge is 0.354 e. The summed E-state index contributed by atoms with van der Waals surface area (Å²) in [5.41, 5.74) is 11.1. The number of aromatic carboxylic acids is 1. The number of carbonyl (C=O) groups is 1. The molecule has 0 amide bonds. The Kier molecular flexibility index (Phi) is 6.36. The van der Waals surface area contributed by atoms with E-state index < -0.39 is 5.97 Å². The number of fused-ring (bicyclic) bond motifs is 3. The number of rotatable bonds is 2. The van der Waals surface area contributed by atoms with E-state index in [0.717, 1.165) is 16.8 Å². The molecule has 2 aliphatic carbocycles. The molecule has 3 aromatic carbocycles. The molecule has 5 aromatic rings. The number of carboxylic acids is 1. The van der Waals surface area contributed by atoms with Crippen molar-refractivity contribution in [1.29, 1.82) is 0 Å². The molecule has 4 nitrogen and oxygen atoms in total. The zero-order chi connectivity index (χ0) is 24.9. The maximum atomic E-state index is 10.1. The number of carboxylic acid groups (broad SMARTS) is 1. The minimum Gasteiger partial charge on any atom is -0.477 e. The summed E-state index contributed by atoms with van der Waals surface area (Å²) in [5.74, 6) is -0.990. The summed E-state index contributed by atoms with van der Waals surface area (Å²) in [6, 6.07) is 30.0. The van der Waals surface area contributed by atoms with Gasteiger partial charge in [-0.25, -0.2) is 9.78 Å². The molecule has 0 atom stereocenters. The Labute approximate surface area is 229 Å². The molecule has 0 spiro atoms. The summed E-state index contributed by atoms with van der Waals surface area (Å²) in [7, 11) is 0. The van der Waals surface area contributed by atoms with Crippen molar-refractivity contribution in [3.05, 3.63) is 119 Å². The first-order valence-corrected chi connectivity index (χ1v) is 11.9. The molecule has 2 aromatic heterocycles. The Bertz CT molecular complexity index is 1690. The molecule has 1 N–H and O–H groups in total. The van der Waals surface area contributed by atoms with Crippen molar-refractivity contribution in [1.82, 2.24) is 9.97 Å². The summed E-state index contributed by atoms with van der Waals surface area (Å²) in [6.07, 6.45) is 5.81. The number of aromatic nitrogens is 2. The second-order valence-electron chi connectivity index (χ2n) is 9.54. The Hall–Kier alpha value is -3.92. The van der Waals surface area contributed by atoms with Crippen molar-refractivity contribution in [2.24, 2.45) is 0 Å². The maximum Gasteiger partial charge on any atom is 0.354 e. The second-order valence-corrected chi connectivity index (χ2v) is 9.54. The standard InChI is InChI=1S/C26H18N.C6H5NO2.Ir/c1-26(2)21-8-4-3-7-19(21)20-14-17(12-13-22(20)26)24-15-18-11-10-16-6-5-9-23(27-24)25(16)18;8-6(9)5-3-1-2-4-7-5;/h3-11,13-15H,1-2H3;1-4H,(H,8,9);/q-1;;. The normalized spacial score (nSPS) is 13.2. The van der Waals surface area contributed by atoms with Gasteiger partial charge in [0, 0.05) is 31.7 Å². The van der Waals surface area contributed by atoms with Gasteiger partial charge in [0.25, 0.3) is 0 Å². The van der Waals surface area contributed by atoms with Crippen molar-refractivity contribution >= 4 is 29.0 Å². The van der Waals surface area contributed by atoms with E-state index in [1.165, 1.54) is 51.0 Å². The Morgan fingerprint density at radius 3 is 2.41 bits per heavy atom. The van der Waals surface area contributed by atoms with Gasteiger partial charge in [-0.3, -0.25) is 4.98 Å². The molecule has 2 aliphatic rings. The minimum absolute atomic E-state index is 0. The quantitative estimate of drug-likeness (QED) is 0.199. The molecule has 0 fully saturated rings. The van der Waals surface area contributed by atoms with Gasteiger partial charge >= 0.3 is 5.97 Å². The summed E-state index contributed by atoms with van der Waals surface area (Å²) in [4.78, 5) is 18.7. The van der Waals surface area contributed by atoms with Crippen LogP contribution in [0.5, 0.6) is 0 Å². The fourth-order valence-corrected chi connectivity index (χ4v) is 5.21. The monoisotopic (exact) mass is 660 g/mol. The third-order valence-corrected chi connectivity index (χ3v) is 7.01. The fraction of sp³-hybridized carbons (Fsp3) is 0.0938. The average molecular weight is 660 g/mol. The molecular weight excluding hydrogens is 637 g/mol. The van der Waals surface area contributed by atoms with Crippen LogP contribution in [0.4, 0.5) is 0 Å². The molecule has 7 rings (SSSR count). The van der Waals surface area contributed by atoms with E-state index in [2.05, 4.69) is 97.7 Å². The molecule has 0 aliphatic heterocycles. The number of nitrogens with zero attached hydrogens (tertiary/aromatic N) is 2. The van der Waals surface area contributed by atoms with Gasteiger partial charge in [0.15, 0.2) is 0 Å². The van der Waals surface area contributed by atoms with E-state index in [9.17, 15) is 4.79 Å². The average Bonchev–Trinajstić information content (AvgIpc) is 3.42. The van der Waals surface area contributed by atoms with Crippen LogP contribution in [0.2, 0.25) is 0 Å². The Balaban J connectivity index is 0.000000241. The third-order valence-electron chi connectivity index (χ3n) is 7.01. The Morgan fingerprint density at radius 1 is 0.865 bits per heavy atom. The molecular formula is C32H23IrN2O2-. The van der Waals surface area contributed by atoms with E-state index >= 15 is 0 Å². The number of pyridine rings is 2. The summed E-state index contributed by atoms with van der Waals surface area (Å²) in [5, 5.41) is 9.58. The molecule has 0 bridgehead atoms. The van der Waals surface area contributed by atoms with Gasteiger partial charge in [-0.1, -0.05) is 80.1 Å². The van der Waals surface area contributed by atoms with Crippen molar-refractivity contribution in [2.45, 2.75) is 19.3 Å². The van der Waals surface area contributed by atoms with Gasteiger partial charge in [0.05, 0.1) is 5.52 Å². The topological polar surface area (TPSA) is 63.1 Å². The zero-order valence-electron chi connectivity index (χ0n) is 20.3. The van der Waals surface area contributed by atoms with Crippen LogP contribution in [0, 0.1) is 6.07 Å². The first kappa shape index (κ1) is 24.8. The molecule has 37 heavy (non-hydrogen) atoms. The predicted molar refractivity (Wildman–Crippen MR) is 144 cm³/mol. The Morgan fingerprint density at radius 2 is 1.65 bits per heavy atom. The van der Waals surface area contributed by atoms with Crippen LogP contribution in [-0.2, 0) is 25.5 Å². The largest absolute Gasteiger partial charge is 0.477 e. The van der Waals surface area contributed by atoms with E-state index in [1.54, 1.807) is 12.1 Å². The molecule has 183 valence electrons. The van der Waals surface area contributed by atoms with Crippen LogP contribution >= 0.6 is 0 Å². The molecule has 2 heterocycles. The summed E-state index contributed by atoms with van der Waals surface area (Å²) >= 11 is 0. The second kappa shape index (κ2) is 9.51. The van der Waals surface area contributed by atoms with Crippen LogP contribution in [0.1, 0.15) is 46.6 Å². The summed E-state index contributed by atoms with van der Waals surface area (Å²) in [6.45, 7) is 4.60.